The smallest absolute Gasteiger partial charge is 0.191 e. The molecule has 30 heavy (non-hydrogen) atoms. The van der Waals surface area contributed by atoms with Crippen LogP contribution in [0, 0.1) is 6.92 Å². The van der Waals surface area contributed by atoms with Crippen LogP contribution in [0.2, 0.25) is 0 Å². The van der Waals surface area contributed by atoms with Crippen molar-refractivity contribution in [3.8, 4) is 0 Å². The molecule has 1 heterocycles. The molecule has 0 saturated carbocycles. The molecule has 0 spiro atoms. The van der Waals surface area contributed by atoms with E-state index in [1.165, 1.54) is 16.7 Å². The van der Waals surface area contributed by atoms with E-state index in [1.54, 1.807) is 6.33 Å². The van der Waals surface area contributed by atoms with E-state index in [0.717, 1.165) is 44.3 Å². The summed E-state index contributed by atoms with van der Waals surface area (Å²) < 4.78 is 2.08. The summed E-state index contributed by atoms with van der Waals surface area (Å²) in [6.45, 7) is 8.69. The molecule has 2 aromatic carbocycles. The first-order valence-electron chi connectivity index (χ1n) is 10.7. The van der Waals surface area contributed by atoms with Crippen LogP contribution in [0.15, 0.2) is 65.9 Å². The molecule has 0 fully saturated rings. The molecular weight excluding hydrogens is 372 g/mol. The highest BCUT2D eigenvalue weighted by molar-refractivity contribution is 5.80. The molecule has 2 N–H and O–H groups in total. The number of aryl methyl sites for hydroxylation is 2. The van der Waals surface area contributed by atoms with Crippen molar-refractivity contribution in [2.45, 2.75) is 46.2 Å². The first kappa shape index (κ1) is 21.6. The predicted molar refractivity (Wildman–Crippen MR) is 123 cm³/mol. The van der Waals surface area contributed by atoms with Gasteiger partial charge in [-0.15, -0.1) is 10.2 Å². The van der Waals surface area contributed by atoms with Crippen LogP contribution < -0.4 is 10.6 Å². The van der Waals surface area contributed by atoms with Gasteiger partial charge >= 0.3 is 0 Å². The van der Waals surface area contributed by atoms with Gasteiger partial charge < -0.3 is 15.2 Å². The van der Waals surface area contributed by atoms with Gasteiger partial charge in [-0.1, -0.05) is 61.5 Å². The average Bonchev–Trinajstić information content (AvgIpc) is 3.22. The van der Waals surface area contributed by atoms with Gasteiger partial charge in [0, 0.05) is 26.1 Å². The van der Waals surface area contributed by atoms with Crippen molar-refractivity contribution in [3.63, 3.8) is 0 Å². The van der Waals surface area contributed by atoms with Crippen molar-refractivity contribution in [1.29, 1.82) is 0 Å². The third kappa shape index (κ3) is 6.17. The van der Waals surface area contributed by atoms with Crippen LogP contribution in [0.25, 0.3) is 0 Å². The molecule has 158 valence electrons. The Labute approximate surface area is 179 Å². The van der Waals surface area contributed by atoms with Gasteiger partial charge in [-0.3, -0.25) is 4.99 Å². The summed E-state index contributed by atoms with van der Waals surface area (Å²) in [4.78, 5) is 4.83. The van der Waals surface area contributed by atoms with E-state index in [1.807, 2.05) is 6.07 Å². The van der Waals surface area contributed by atoms with Crippen molar-refractivity contribution in [2.75, 3.05) is 13.1 Å². The van der Waals surface area contributed by atoms with E-state index in [-0.39, 0.29) is 6.04 Å². The predicted octanol–water partition coefficient (Wildman–Crippen LogP) is 3.69. The zero-order valence-corrected chi connectivity index (χ0v) is 18.2. The molecule has 1 aromatic heterocycles. The Kier molecular flexibility index (Phi) is 8.01. The highest BCUT2D eigenvalue weighted by Gasteiger charge is 2.10. The van der Waals surface area contributed by atoms with Crippen LogP contribution in [0.4, 0.5) is 0 Å². The van der Waals surface area contributed by atoms with E-state index >= 15 is 0 Å². The minimum absolute atomic E-state index is 0.162. The van der Waals surface area contributed by atoms with Crippen molar-refractivity contribution >= 4 is 5.96 Å². The molecule has 0 saturated heterocycles. The fourth-order valence-corrected chi connectivity index (χ4v) is 3.48. The van der Waals surface area contributed by atoms with Gasteiger partial charge in [-0.25, -0.2) is 0 Å². The minimum atomic E-state index is 0.162. The summed E-state index contributed by atoms with van der Waals surface area (Å²) >= 11 is 0. The number of nitrogens with one attached hydrogen (secondary N) is 2. The van der Waals surface area contributed by atoms with Crippen LogP contribution >= 0.6 is 0 Å². The second-order valence-electron chi connectivity index (χ2n) is 7.41. The zero-order chi connectivity index (χ0) is 21.2. The molecule has 3 aromatic rings. The summed E-state index contributed by atoms with van der Waals surface area (Å²) in [5.74, 6) is 1.83. The number of nitrogens with zero attached hydrogens (tertiary/aromatic N) is 4. The Morgan fingerprint density at radius 2 is 1.87 bits per heavy atom. The Hall–Kier alpha value is -3.15. The topological polar surface area (TPSA) is 67.1 Å². The van der Waals surface area contributed by atoms with Crippen molar-refractivity contribution in [3.05, 3.63) is 83.4 Å². The molecule has 0 aliphatic carbocycles. The van der Waals surface area contributed by atoms with Gasteiger partial charge in [0.15, 0.2) is 5.96 Å². The second kappa shape index (κ2) is 11.1. The SMILES string of the molecule is CCc1nncn1CCNC(=NCCc1ccccc1)NC(C)c1ccccc1C. The fraction of sp³-hybridized carbons (Fsp3) is 0.375. The summed E-state index contributed by atoms with van der Waals surface area (Å²) in [6.07, 6.45) is 3.58. The number of benzene rings is 2. The van der Waals surface area contributed by atoms with E-state index in [2.05, 4.69) is 94.7 Å². The van der Waals surface area contributed by atoms with E-state index in [9.17, 15) is 0 Å². The number of hydrogen-bond donors (Lipinski definition) is 2. The first-order chi connectivity index (χ1) is 14.7. The van der Waals surface area contributed by atoms with Gasteiger partial charge in [0.25, 0.3) is 0 Å². The van der Waals surface area contributed by atoms with Crippen LogP contribution in [-0.2, 0) is 19.4 Å². The molecule has 0 aliphatic rings. The first-order valence-corrected chi connectivity index (χ1v) is 10.7. The normalized spacial score (nSPS) is 12.6. The number of hydrogen-bond acceptors (Lipinski definition) is 3. The van der Waals surface area contributed by atoms with Crippen LogP contribution in [0.5, 0.6) is 0 Å². The Morgan fingerprint density at radius 3 is 2.63 bits per heavy atom. The van der Waals surface area contributed by atoms with Crippen molar-refractivity contribution in [2.24, 2.45) is 4.99 Å². The molecule has 1 atom stereocenters. The third-order valence-electron chi connectivity index (χ3n) is 5.18. The molecule has 0 radical (unpaired) electrons. The summed E-state index contributed by atoms with van der Waals surface area (Å²) in [5, 5.41) is 15.2. The molecule has 6 nitrogen and oxygen atoms in total. The average molecular weight is 405 g/mol. The molecule has 0 aliphatic heterocycles. The summed E-state index contributed by atoms with van der Waals surface area (Å²) in [6, 6.07) is 19.1. The standard InChI is InChI=1S/C24H32N6/c1-4-23-29-27-18-30(23)17-16-26-24(25-15-14-21-11-6-5-7-12-21)28-20(3)22-13-9-8-10-19(22)2/h5-13,18,20H,4,14-17H2,1-3H3,(H2,25,26,28). The van der Waals surface area contributed by atoms with Gasteiger partial charge in [0.1, 0.15) is 12.2 Å². The van der Waals surface area contributed by atoms with Crippen LogP contribution in [0.1, 0.15) is 42.4 Å². The molecular formula is C24H32N6. The highest BCUT2D eigenvalue weighted by atomic mass is 15.3. The lowest BCUT2D eigenvalue weighted by molar-refractivity contribution is 0.618. The molecule has 3 rings (SSSR count). The van der Waals surface area contributed by atoms with Crippen molar-refractivity contribution in [1.82, 2.24) is 25.4 Å². The minimum Gasteiger partial charge on any atom is -0.355 e. The summed E-state index contributed by atoms with van der Waals surface area (Å²) in [7, 11) is 0. The largest absolute Gasteiger partial charge is 0.355 e. The molecule has 0 amide bonds. The fourth-order valence-electron chi connectivity index (χ4n) is 3.48. The lowest BCUT2D eigenvalue weighted by atomic mass is 10.0. The maximum atomic E-state index is 4.83. The van der Waals surface area contributed by atoms with E-state index in [0.29, 0.717) is 0 Å². The second-order valence-corrected chi connectivity index (χ2v) is 7.41. The Balaban J connectivity index is 1.64. The molecule has 0 bridgehead atoms. The van der Waals surface area contributed by atoms with Crippen molar-refractivity contribution < 1.29 is 0 Å². The Morgan fingerprint density at radius 1 is 1.10 bits per heavy atom. The number of aromatic nitrogens is 3. The van der Waals surface area contributed by atoms with Crippen LogP contribution in [-0.4, -0.2) is 33.8 Å². The maximum absolute atomic E-state index is 4.83. The Bertz CT molecular complexity index is 932. The zero-order valence-electron chi connectivity index (χ0n) is 18.2. The lowest BCUT2D eigenvalue weighted by Crippen LogP contribution is -2.40. The maximum Gasteiger partial charge on any atom is 0.191 e. The molecule has 6 heteroatoms. The number of guanidine groups is 1. The highest BCUT2D eigenvalue weighted by Crippen LogP contribution is 2.16. The molecule has 1 unspecified atom stereocenters. The van der Waals surface area contributed by atoms with E-state index < -0.39 is 0 Å². The lowest BCUT2D eigenvalue weighted by Gasteiger charge is -2.20. The van der Waals surface area contributed by atoms with Gasteiger partial charge in [0.05, 0.1) is 6.04 Å². The van der Waals surface area contributed by atoms with Gasteiger partial charge in [-0.05, 0) is 37.0 Å². The quantitative estimate of drug-likeness (QED) is 0.422. The third-order valence-corrected chi connectivity index (χ3v) is 5.18. The van der Waals surface area contributed by atoms with E-state index in [4.69, 9.17) is 4.99 Å². The summed E-state index contributed by atoms with van der Waals surface area (Å²) in [5.41, 5.74) is 3.85. The van der Waals surface area contributed by atoms with Gasteiger partial charge in [-0.2, -0.15) is 0 Å². The van der Waals surface area contributed by atoms with Crippen LogP contribution in [0.3, 0.4) is 0 Å². The number of aliphatic imine (C=N–C) groups is 1. The number of rotatable bonds is 9. The van der Waals surface area contributed by atoms with Gasteiger partial charge in [0.2, 0.25) is 0 Å². The monoisotopic (exact) mass is 404 g/mol.